The summed E-state index contributed by atoms with van der Waals surface area (Å²) in [5, 5.41) is 10.3. The molecule has 4 nitrogen and oxygen atoms in total. The highest BCUT2D eigenvalue weighted by atomic mass is 16.3. The molecule has 24 heavy (non-hydrogen) atoms. The fraction of sp³-hybridized carbons (Fsp3) is 0.550. The van der Waals surface area contributed by atoms with Gasteiger partial charge in [-0.15, -0.1) is 0 Å². The molecule has 1 N–H and O–H groups in total. The Kier molecular flexibility index (Phi) is 2.75. The SMILES string of the molecule is CC=C1C[N+]2(C)CCC34C(=O)c5ccccc5N3C(CO)C1CC42. The summed E-state index contributed by atoms with van der Waals surface area (Å²) in [4.78, 5) is 15.9. The molecule has 4 heteroatoms. The normalized spacial score (nSPS) is 44.0. The fourth-order valence-corrected chi connectivity index (χ4v) is 6.38. The van der Waals surface area contributed by atoms with E-state index in [-0.39, 0.29) is 12.6 Å². The van der Waals surface area contributed by atoms with Gasteiger partial charge in [-0.2, -0.15) is 0 Å². The molecule has 2 bridgehead atoms. The number of hydrogen-bond acceptors (Lipinski definition) is 3. The predicted molar refractivity (Wildman–Crippen MR) is 93.0 cm³/mol. The third-order valence-electron chi connectivity index (χ3n) is 7.39. The van der Waals surface area contributed by atoms with Crippen LogP contribution in [0.15, 0.2) is 35.9 Å². The molecule has 0 aromatic heterocycles. The van der Waals surface area contributed by atoms with Gasteiger partial charge < -0.3 is 14.5 Å². The first-order valence-electron chi connectivity index (χ1n) is 9.10. The van der Waals surface area contributed by atoms with E-state index in [9.17, 15) is 9.90 Å². The third-order valence-corrected chi connectivity index (χ3v) is 7.39. The average Bonchev–Trinajstić information content (AvgIpc) is 3.07. The van der Waals surface area contributed by atoms with Crippen molar-refractivity contribution in [1.29, 1.82) is 0 Å². The second kappa shape index (κ2) is 4.50. The molecular formula is C20H25N2O2+. The number of ketones is 1. The molecule has 4 heterocycles. The maximum absolute atomic E-state index is 13.5. The third kappa shape index (κ3) is 1.42. The van der Waals surface area contributed by atoms with Crippen LogP contribution in [-0.4, -0.2) is 59.7 Å². The summed E-state index contributed by atoms with van der Waals surface area (Å²) in [6.07, 6.45) is 4.18. The van der Waals surface area contributed by atoms with E-state index < -0.39 is 5.54 Å². The minimum Gasteiger partial charge on any atom is -0.394 e. The van der Waals surface area contributed by atoms with Crippen molar-refractivity contribution >= 4 is 11.5 Å². The van der Waals surface area contributed by atoms with Crippen LogP contribution in [0.4, 0.5) is 5.69 Å². The maximum atomic E-state index is 13.5. The fourth-order valence-electron chi connectivity index (χ4n) is 6.38. The van der Waals surface area contributed by atoms with E-state index in [1.165, 1.54) is 5.57 Å². The summed E-state index contributed by atoms with van der Waals surface area (Å²) in [5.41, 5.74) is 2.93. The Morgan fingerprint density at radius 2 is 2.21 bits per heavy atom. The molecule has 0 aliphatic carbocycles. The Balaban J connectivity index is 1.78. The van der Waals surface area contributed by atoms with E-state index in [4.69, 9.17) is 0 Å². The molecule has 4 aliphatic heterocycles. The van der Waals surface area contributed by atoms with Gasteiger partial charge >= 0.3 is 0 Å². The first-order valence-corrected chi connectivity index (χ1v) is 9.10. The summed E-state index contributed by atoms with van der Waals surface area (Å²) in [6.45, 7) is 4.31. The first-order chi connectivity index (χ1) is 11.6. The molecule has 1 aromatic carbocycles. The van der Waals surface area contributed by atoms with Gasteiger partial charge in [-0.1, -0.05) is 18.2 Å². The number of quaternary nitrogens is 1. The topological polar surface area (TPSA) is 40.5 Å². The van der Waals surface area contributed by atoms with Crippen LogP contribution in [0.2, 0.25) is 0 Å². The molecule has 0 amide bonds. The number of para-hydroxylation sites is 1. The number of nitrogens with zero attached hydrogens (tertiary/aromatic N) is 2. The summed E-state index contributed by atoms with van der Waals surface area (Å²) in [6, 6.07) is 8.39. The number of aliphatic hydroxyl groups is 1. The number of fused-ring (bicyclic) bond motifs is 3. The highest BCUT2D eigenvalue weighted by Crippen LogP contribution is 2.58. The number of carbonyl (C=O) groups excluding carboxylic acids is 1. The van der Waals surface area contributed by atoms with E-state index in [0.29, 0.717) is 17.7 Å². The Morgan fingerprint density at radius 1 is 1.42 bits per heavy atom. The molecule has 3 saturated heterocycles. The lowest BCUT2D eigenvalue weighted by Gasteiger charge is -2.57. The van der Waals surface area contributed by atoms with Crippen molar-refractivity contribution in [3.63, 3.8) is 0 Å². The summed E-state index contributed by atoms with van der Waals surface area (Å²) in [7, 11) is 2.33. The molecule has 0 radical (unpaired) electrons. The number of likely N-dealkylation sites (N-methyl/N-ethyl adjacent to an activating group) is 1. The Bertz CT molecular complexity index is 773. The van der Waals surface area contributed by atoms with E-state index in [0.717, 1.165) is 41.7 Å². The number of piperidine rings is 2. The van der Waals surface area contributed by atoms with E-state index in [1.54, 1.807) is 0 Å². The molecular weight excluding hydrogens is 300 g/mol. The molecule has 126 valence electrons. The summed E-state index contributed by atoms with van der Waals surface area (Å²) in [5.74, 6) is 0.659. The Morgan fingerprint density at radius 3 is 2.96 bits per heavy atom. The van der Waals surface area contributed by atoms with Gasteiger partial charge in [0.2, 0.25) is 0 Å². The zero-order valence-electron chi connectivity index (χ0n) is 14.4. The van der Waals surface area contributed by atoms with Crippen molar-refractivity contribution in [1.82, 2.24) is 0 Å². The second-order valence-electron chi connectivity index (χ2n) is 8.22. The molecule has 0 saturated carbocycles. The van der Waals surface area contributed by atoms with Crippen LogP contribution in [0, 0.1) is 5.92 Å². The molecule has 5 rings (SSSR count). The van der Waals surface area contributed by atoms with Gasteiger partial charge in [-0.3, -0.25) is 4.79 Å². The van der Waals surface area contributed by atoms with Gasteiger partial charge in [-0.05, 0) is 24.6 Å². The number of anilines is 1. The Hall–Kier alpha value is -1.65. The van der Waals surface area contributed by atoms with Gasteiger partial charge in [0.1, 0.15) is 12.6 Å². The van der Waals surface area contributed by atoms with Crippen LogP contribution in [-0.2, 0) is 0 Å². The minimum absolute atomic E-state index is 0.0203. The van der Waals surface area contributed by atoms with Crippen molar-refractivity contribution < 1.29 is 14.4 Å². The zero-order valence-corrected chi connectivity index (χ0v) is 14.4. The lowest BCUT2D eigenvalue weighted by atomic mass is 9.68. The zero-order chi connectivity index (χ0) is 16.7. The lowest BCUT2D eigenvalue weighted by molar-refractivity contribution is -0.923. The van der Waals surface area contributed by atoms with Crippen molar-refractivity contribution in [2.75, 3.05) is 31.6 Å². The quantitative estimate of drug-likeness (QED) is 0.634. The van der Waals surface area contributed by atoms with Gasteiger partial charge in [-0.25, -0.2) is 0 Å². The van der Waals surface area contributed by atoms with Crippen molar-refractivity contribution in [3.05, 3.63) is 41.5 Å². The van der Waals surface area contributed by atoms with Crippen LogP contribution in [0.3, 0.4) is 0 Å². The number of hydrogen-bond donors (Lipinski definition) is 1. The maximum Gasteiger partial charge on any atom is 0.196 e. The molecule has 5 unspecified atom stereocenters. The molecule has 1 spiro atoms. The number of aliphatic hydroxyl groups excluding tert-OH is 1. The first kappa shape index (κ1) is 14.7. The lowest BCUT2D eigenvalue weighted by Crippen LogP contribution is -2.74. The van der Waals surface area contributed by atoms with Crippen molar-refractivity contribution in [2.24, 2.45) is 5.92 Å². The van der Waals surface area contributed by atoms with Gasteiger partial charge in [0.25, 0.3) is 0 Å². The highest BCUT2D eigenvalue weighted by molar-refractivity contribution is 6.15. The smallest absolute Gasteiger partial charge is 0.196 e. The summed E-state index contributed by atoms with van der Waals surface area (Å²) < 4.78 is 0.977. The number of Topliss-reactive ketones (excluding diaryl/α,β-unsaturated/α-hetero) is 1. The van der Waals surface area contributed by atoms with E-state index in [1.807, 2.05) is 18.2 Å². The van der Waals surface area contributed by atoms with E-state index in [2.05, 4.69) is 31.0 Å². The number of rotatable bonds is 1. The van der Waals surface area contributed by atoms with Crippen LogP contribution < -0.4 is 4.90 Å². The predicted octanol–water partition coefficient (Wildman–Crippen LogP) is 1.99. The molecule has 1 aromatic rings. The minimum atomic E-state index is -0.429. The van der Waals surface area contributed by atoms with Crippen molar-refractivity contribution in [3.8, 4) is 0 Å². The van der Waals surface area contributed by atoms with Crippen LogP contribution in [0.5, 0.6) is 0 Å². The van der Waals surface area contributed by atoms with Crippen molar-refractivity contribution in [2.45, 2.75) is 37.4 Å². The highest BCUT2D eigenvalue weighted by Gasteiger charge is 2.72. The summed E-state index contributed by atoms with van der Waals surface area (Å²) >= 11 is 0. The second-order valence-corrected chi connectivity index (χ2v) is 8.22. The molecule has 5 atom stereocenters. The van der Waals surface area contributed by atoms with Crippen LogP contribution in [0.1, 0.15) is 30.1 Å². The van der Waals surface area contributed by atoms with Crippen LogP contribution >= 0.6 is 0 Å². The van der Waals surface area contributed by atoms with Gasteiger partial charge in [0, 0.05) is 30.0 Å². The standard InChI is InChI=1S/C20H25N2O2/c1-3-13-11-22(2)9-8-20-18(22)10-15(13)17(12-23)21(20)16-7-5-4-6-14(16)19(20)24/h3-7,15,17-18,23H,8-12H2,1-2H3/q+1. The largest absolute Gasteiger partial charge is 0.394 e. The Labute approximate surface area is 143 Å². The average molecular weight is 325 g/mol. The van der Waals surface area contributed by atoms with E-state index >= 15 is 0 Å². The van der Waals surface area contributed by atoms with Crippen LogP contribution in [0.25, 0.3) is 0 Å². The molecule has 3 fully saturated rings. The van der Waals surface area contributed by atoms with Gasteiger partial charge in [0.05, 0.1) is 26.2 Å². The number of allylic oxidation sites excluding steroid dienone is 1. The monoisotopic (exact) mass is 325 g/mol. The molecule has 4 aliphatic rings. The van der Waals surface area contributed by atoms with Gasteiger partial charge in [0.15, 0.2) is 11.3 Å². The number of carbonyl (C=O) groups is 1. The number of benzene rings is 1.